The third kappa shape index (κ3) is 3.49. The average molecular weight is 280 g/mol. The van der Waals surface area contributed by atoms with E-state index in [4.69, 9.17) is 11.6 Å². The van der Waals surface area contributed by atoms with E-state index < -0.39 is 0 Å². The molecule has 0 aromatic carbocycles. The number of nitrogens with one attached hydrogen (secondary N) is 1. The van der Waals surface area contributed by atoms with Crippen LogP contribution in [-0.2, 0) is 6.42 Å². The Labute approximate surface area is 116 Å². The van der Waals surface area contributed by atoms with Gasteiger partial charge in [0, 0.05) is 18.6 Å². The van der Waals surface area contributed by atoms with Crippen LogP contribution in [0.2, 0.25) is 5.02 Å². The molecule has 1 atom stereocenters. The van der Waals surface area contributed by atoms with E-state index in [0.717, 1.165) is 12.1 Å². The van der Waals surface area contributed by atoms with Crippen molar-refractivity contribution >= 4 is 11.6 Å². The van der Waals surface area contributed by atoms with Gasteiger partial charge in [-0.25, -0.2) is 4.39 Å². The summed E-state index contributed by atoms with van der Waals surface area (Å²) < 4.78 is 13.8. The summed E-state index contributed by atoms with van der Waals surface area (Å²) in [5.74, 6) is -0.307. The van der Waals surface area contributed by atoms with Gasteiger partial charge in [-0.3, -0.25) is 9.97 Å². The minimum atomic E-state index is -0.307. The highest BCUT2D eigenvalue weighted by atomic mass is 35.5. The van der Waals surface area contributed by atoms with Gasteiger partial charge in [0.15, 0.2) is 0 Å². The van der Waals surface area contributed by atoms with Crippen molar-refractivity contribution in [1.29, 1.82) is 0 Å². The smallest absolute Gasteiger partial charge is 0.146 e. The van der Waals surface area contributed by atoms with Crippen LogP contribution in [0.1, 0.15) is 24.2 Å². The van der Waals surface area contributed by atoms with Crippen molar-refractivity contribution in [2.24, 2.45) is 0 Å². The molecular weight excluding hydrogens is 265 g/mol. The quantitative estimate of drug-likeness (QED) is 0.914. The Bertz CT molecular complexity index is 548. The van der Waals surface area contributed by atoms with Crippen molar-refractivity contribution in [2.75, 3.05) is 6.54 Å². The van der Waals surface area contributed by atoms with Gasteiger partial charge in [-0.1, -0.05) is 18.5 Å². The summed E-state index contributed by atoms with van der Waals surface area (Å²) in [6.07, 6.45) is 5.44. The van der Waals surface area contributed by atoms with Crippen LogP contribution in [0.3, 0.4) is 0 Å². The molecule has 100 valence electrons. The summed E-state index contributed by atoms with van der Waals surface area (Å²) in [4.78, 5) is 8.07. The van der Waals surface area contributed by atoms with Crippen molar-refractivity contribution < 1.29 is 4.39 Å². The largest absolute Gasteiger partial charge is 0.309 e. The molecule has 0 aliphatic rings. The maximum Gasteiger partial charge on any atom is 0.146 e. The van der Waals surface area contributed by atoms with Gasteiger partial charge < -0.3 is 5.32 Å². The zero-order valence-electron chi connectivity index (χ0n) is 10.6. The minimum Gasteiger partial charge on any atom is -0.309 e. The number of halogens is 2. The molecule has 0 amide bonds. The molecule has 0 fully saturated rings. The number of aromatic nitrogens is 2. The molecule has 2 aromatic heterocycles. The Balaban J connectivity index is 2.27. The van der Waals surface area contributed by atoms with Gasteiger partial charge in [-0.05, 0) is 36.7 Å². The van der Waals surface area contributed by atoms with E-state index in [1.165, 1.54) is 6.07 Å². The van der Waals surface area contributed by atoms with Crippen LogP contribution in [0.5, 0.6) is 0 Å². The second kappa shape index (κ2) is 6.59. The van der Waals surface area contributed by atoms with Crippen LogP contribution in [-0.4, -0.2) is 16.5 Å². The van der Waals surface area contributed by atoms with Crippen LogP contribution in [0.4, 0.5) is 4.39 Å². The van der Waals surface area contributed by atoms with E-state index in [0.29, 0.717) is 17.1 Å². The lowest BCUT2D eigenvalue weighted by Crippen LogP contribution is -2.25. The fourth-order valence-corrected chi connectivity index (χ4v) is 2.15. The lowest BCUT2D eigenvalue weighted by Gasteiger charge is -2.18. The minimum absolute atomic E-state index is 0.203. The van der Waals surface area contributed by atoms with Crippen LogP contribution in [0.25, 0.3) is 0 Å². The first-order chi connectivity index (χ1) is 9.22. The lowest BCUT2D eigenvalue weighted by molar-refractivity contribution is 0.494. The Morgan fingerprint density at radius 1 is 1.37 bits per heavy atom. The standard InChI is InChI=1S/C14H15ClFN3/c1-2-18-13(14-12(16)4-3-6-19-14)8-10-5-7-17-9-11(10)15/h3-7,9,13,18H,2,8H2,1H3. The molecule has 3 nitrogen and oxygen atoms in total. The third-order valence-electron chi connectivity index (χ3n) is 2.85. The van der Waals surface area contributed by atoms with Gasteiger partial charge >= 0.3 is 0 Å². The molecule has 0 saturated heterocycles. The van der Waals surface area contributed by atoms with Gasteiger partial charge in [0.05, 0.1) is 16.8 Å². The molecule has 1 N–H and O–H groups in total. The average Bonchev–Trinajstić information content (AvgIpc) is 2.41. The molecule has 0 bridgehead atoms. The van der Waals surface area contributed by atoms with Crippen molar-refractivity contribution in [3.8, 4) is 0 Å². The topological polar surface area (TPSA) is 37.8 Å². The summed E-state index contributed by atoms with van der Waals surface area (Å²) in [5, 5.41) is 3.82. The summed E-state index contributed by atoms with van der Waals surface area (Å²) in [5.41, 5.74) is 1.34. The van der Waals surface area contributed by atoms with Crippen molar-refractivity contribution in [1.82, 2.24) is 15.3 Å². The number of likely N-dealkylation sites (N-methyl/N-ethyl adjacent to an activating group) is 1. The molecule has 0 aliphatic heterocycles. The van der Waals surface area contributed by atoms with Crippen molar-refractivity contribution in [2.45, 2.75) is 19.4 Å². The molecule has 0 radical (unpaired) electrons. The highest BCUT2D eigenvalue weighted by Crippen LogP contribution is 2.23. The molecule has 0 saturated carbocycles. The molecule has 0 spiro atoms. The molecular formula is C14H15ClFN3. The van der Waals surface area contributed by atoms with Crippen LogP contribution in [0, 0.1) is 5.82 Å². The van der Waals surface area contributed by atoms with Gasteiger partial charge in [0.1, 0.15) is 5.82 Å². The number of hydrogen-bond donors (Lipinski definition) is 1. The number of nitrogens with zero attached hydrogens (tertiary/aromatic N) is 2. The fourth-order valence-electron chi connectivity index (χ4n) is 1.96. The SMILES string of the molecule is CCNC(Cc1ccncc1Cl)c1ncccc1F. The number of rotatable bonds is 5. The Kier molecular flexibility index (Phi) is 4.82. The van der Waals surface area contributed by atoms with Gasteiger partial charge in [-0.15, -0.1) is 0 Å². The van der Waals surface area contributed by atoms with Crippen LogP contribution in [0.15, 0.2) is 36.8 Å². The van der Waals surface area contributed by atoms with Crippen molar-refractivity contribution in [3.63, 3.8) is 0 Å². The number of pyridine rings is 2. The lowest BCUT2D eigenvalue weighted by atomic mass is 10.0. The van der Waals surface area contributed by atoms with E-state index >= 15 is 0 Å². The first-order valence-electron chi connectivity index (χ1n) is 6.14. The summed E-state index contributed by atoms with van der Waals surface area (Å²) in [6, 6.07) is 4.64. The third-order valence-corrected chi connectivity index (χ3v) is 3.19. The van der Waals surface area contributed by atoms with Crippen LogP contribution >= 0.6 is 11.6 Å². The molecule has 1 unspecified atom stereocenters. The van der Waals surface area contributed by atoms with Gasteiger partial charge in [0.25, 0.3) is 0 Å². The first kappa shape index (κ1) is 13.9. The van der Waals surface area contributed by atoms with E-state index in [1.807, 2.05) is 13.0 Å². The molecule has 5 heteroatoms. The monoisotopic (exact) mass is 279 g/mol. The van der Waals surface area contributed by atoms with Gasteiger partial charge in [-0.2, -0.15) is 0 Å². The zero-order chi connectivity index (χ0) is 13.7. The predicted molar refractivity (Wildman–Crippen MR) is 73.6 cm³/mol. The molecule has 2 aromatic rings. The highest BCUT2D eigenvalue weighted by Gasteiger charge is 2.17. The van der Waals surface area contributed by atoms with Crippen molar-refractivity contribution in [3.05, 3.63) is 58.9 Å². The second-order valence-corrected chi connectivity index (χ2v) is 4.56. The Hall–Kier alpha value is -1.52. The maximum atomic E-state index is 13.8. The molecule has 2 heterocycles. The second-order valence-electron chi connectivity index (χ2n) is 4.15. The van der Waals surface area contributed by atoms with E-state index in [-0.39, 0.29) is 11.9 Å². The van der Waals surface area contributed by atoms with E-state index in [9.17, 15) is 4.39 Å². The Morgan fingerprint density at radius 2 is 2.21 bits per heavy atom. The molecule has 0 aliphatic carbocycles. The fraction of sp³-hybridized carbons (Fsp3) is 0.286. The Morgan fingerprint density at radius 3 is 2.89 bits per heavy atom. The maximum absolute atomic E-state index is 13.8. The first-order valence-corrected chi connectivity index (χ1v) is 6.52. The molecule has 19 heavy (non-hydrogen) atoms. The van der Waals surface area contributed by atoms with E-state index in [2.05, 4.69) is 15.3 Å². The zero-order valence-corrected chi connectivity index (χ0v) is 11.4. The summed E-state index contributed by atoms with van der Waals surface area (Å²) in [6.45, 7) is 2.70. The van der Waals surface area contributed by atoms with Crippen LogP contribution < -0.4 is 5.32 Å². The normalized spacial score (nSPS) is 12.4. The van der Waals surface area contributed by atoms with Gasteiger partial charge in [0.2, 0.25) is 0 Å². The predicted octanol–water partition coefficient (Wildman–Crippen LogP) is 3.16. The van der Waals surface area contributed by atoms with E-state index in [1.54, 1.807) is 24.7 Å². The molecule has 2 rings (SSSR count). The summed E-state index contributed by atoms with van der Waals surface area (Å²) in [7, 11) is 0. The number of hydrogen-bond acceptors (Lipinski definition) is 3. The highest BCUT2D eigenvalue weighted by molar-refractivity contribution is 6.31. The summed E-state index contributed by atoms with van der Waals surface area (Å²) >= 11 is 6.09.